The molecule has 9 nitrogen and oxygen atoms in total. The zero-order chi connectivity index (χ0) is 27.6. The van der Waals surface area contributed by atoms with Crippen LogP contribution in [0.1, 0.15) is 76.8 Å². The fraction of sp³-hybridized carbons (Fsp3) is 0.484. The van der Waals surface area contributed by atoms with Gasteiger partial charge in [0.1, 0.15) is 6.04 Å². The van der Waals surface area contributed by atoms with E-state index in [9.17, 15) is 19.2 Å². The van der Waals surface area contributed by atoms with Crippen molar-refractivity contribution >= 4 is 29.3 Å². The van der Waals surface area contributed by atoms with E-state index in [1.165, 1.54) is 24.8 Å². The van der Waals surface area contributed by atoms with Crippen LogP contribution in [0, 0.1) is 0 Å². The maximum atomic E-state index is 13.3. The fourth-order valence-electron chi connectivity index (χ4n) is 6.02. The lowest BCUT2D eigenvalue weighted by Crippen LogP contribution is -2.54. The average Bonchev–Trinajstić information content (AvgIpc) is 3.19. The number of amides is 4. The van der Waals surface area contributed by atoms with Crippen molar-refractivity contribution in [3.63, 3.8) is 0 Å². The lowest BCUT2D eigenvalue weighted by atomic mass is 9.95. The van der Waals surface area contributed by atoms with Crippen LogP contribution in [0.4, 0.5) is 5.69 Å². The van der Waals surface area contributed by atoms with Gasteiger partial charge in [-0.3, -0.25) is 29.4 Å². The first-order chi connectivity index (χ1) is 19.5. The Bertz CT molecular complexity index is 1300. The molecule has 4 aliphatic rings. The van der Waals surface area contributed by atoms with Crippen LogP contribution in [-0.2, 0) is 27.3 Å². The Morgan fingerprint density at radius 3 is 2.27 bits per heavy atom. The second kappa shape index (κ2) is 11.5. The van der Waals surface area contributed by atoms with Gasteiger partial charge in [0, 0.05) is 38.3 Å². The van der Waals surface area contributed by atoms with E-state index in [2.05, 4.69) is 39.8 Å². The molecule has 6 rings (SSSR count). The van der Waals surface area contributed by atoms with Crippen LogP contribution in [-0.4, -0.2) is 71.3 Å². The van der Waals surface area contributed by atoms with Gasteiger partial charge in [0.25, 0.3) is 11.8 Å². The van der Waals surface area contributed by atoms with Crippen LogP contribution in [0.15, 0.2) is 42.5 Å². The molecule has 1 unspecified atom stereocenters. The van der Waals surface area contributed by atoms with Gasteiger partial charge < -0.3 is 15.0 Å². The number of hydrogen-bond acceptors (Lipinski definition) is 7. The first-order valence-electron chi connectivity index (χ1n) is 14.5. The highest BCUT2D eigenvalue weighted by atomic mass is 16.5. The Balaban J connectivity index is 1.01. The molecular formula is C31H36N4O5. The Morgan fingerprint density at radius 2 is 1.57 bits per heavy atom. The molecule has 2 N–H and O–H groups in total. The molecule has 0 bridgehead atoms. The van der Waals surface area contributed by atoms with Crippen molar-refractivity contribution in [1.82, 2.24) is 15.1 Å². The summed E-state index contributed by atoms with van der Waals surface area (Å²) in [5, 5.41) is 5.54. The van der Waals surface area contributed by atoms with Crippen molar-refractivity contribution in [1.29, 1.82) is 0 Å². The van der Waals surface area contributed by atoms with Crippen LogP contribution in [0.5, 0.6) is 0 Å². The maximum Gasteiger partial charge on any atom is 0.264 e. The van der Waals surface area contributed by atoms with Crippen molar-refractivity contribution in [2.75, 3.05) is 25.0 Å². The third-order valence-corrected chi connectivity index (χ3v) is 8.66. The summed E-state index contributed by atoms with van der Waals surface area (Å²) in [6.45, 7) is 3.74. The normalized spacial score (nSPS) is 22.3. The van der Waals surface area contributed by atoms with Gasteiger partial charge in [-0.2, -0.15) is 0 Å². The summed E-state index contributed by atoms with van der Waals surface area (Å²) >= 11 is 0. The average molecular weight is 545 g/mol. The maximum absolute atomic E-state index is 13.3. The number of rotatable bonds is 9. The molecule has 2 saturated heterocycles. The minimum Gasteiger partial charge on any atom is -0.380 e. The number of carbonyl (C=O) groups is 4. The zero-order valence-corrected chi connectivity index (χ0v) is 22.7. The summed E-state index contributed by atoms with van der Waals surface area (Å²) in [6.07, 6.45) is 8.24. The van der Waals surface area contributed by atoms with Gasteiger partial charge in [0.05, 0.1) is 23.3 Å². The van der Waals surface area contributed by atoms with E-state index in [4.69, 9.17) is 4.74 Å². The number of carbonyl (C=O) groups excluding carboxylic acids is 4. The van der Waals surface area contributed by atoms with E-state index >= 15 is 0 Å². The summed E-state index contributed by atoms with van der Waals surface area (Å²) < 4.78 is 6.19. The van der Waals surface area contributed by atoms with Crippen molar-refractivity contribution in [2.24, 2.45) is 0 Å². The monoisotopic (exact) mass is 544 g/mol. The second-order valence-electron chi connectivity index (χ2n) is 11.3. The van der Waals surface area contributed by atoms with Crippen molar-refractivity contribution in [3.8, 4) is 0 Å². The van der Waals surface area contributed by atoms with Crippen LogP contribution in [0.25, 0.3) is 0 Å². The number of piperidine rings is 2. The minimum atomic E-state index is -0.975. The third-order valence-electron chi connectivity index (χ3n) is 8.66. The lowest BCUT2D eigenvalue weighted by molar-refractivity contribution is -0.136. The van der Waals surface area contributed by atoms with E-state index in [0.717, 1.165) is 49.4 Å². The number of hydrogen-bond donors (Lipinski definition) is 2. The topological polar surface area (TPSA) is 108 Å². The number of nitrogens with zero attached hydrogens (tertiary/aromatic N) is 2. The van der Waals surface area contributed by atoms with Gasteiger partial charge in [0.2, 0.25) is 11.8 Å². The molecule has 9 heteroatoms. The number of likely N-dealkylation sites (tertiary alicyclic amines) is 1. The van der Waals surface area contributed by atoms with Gasteiger partial charge >= 0.3 is 0 Å². The van der Waals surface area contributed by atoms with E-state index in [1.807, 2.05) is 0 Å². The predicted molar refractivity (Wildman–Crippen MR) is 149 cm³/mol. The zero-order valence-electron chi connectivity index (χ0n) is 22.7. The fourth-order valence-corrected chi connectivity index (χ4v) is 6.02. The molecule has 2 aromatic rings. The first-order valence-corrected chi connectivity index (χ1v) is 14.5. The van der Waals surface area contributed by atoms with E-state index in [1.54, 1.807) is 18.2 Å². The largest absolute Gasteiger partial charge is 0.380 e. The third kappa shape index (κ3) is 5.53. The van der Waals surface area contributed by atoms with Gasteiger partial charge in [-0.05, 0) is 68.2 Å². The molecule has 0 aromatic heterocycles. The Labute approximate surface area is 234 Å². The number of imide groups is 2. The van der Waals surface area contributed by atoms with Gasteiger partial charge in [-0.15, -0.1) is 0 Å². The van der Waals surface area contributed by atoms with Gasteiger partial charge in [-0.25, -0.2) is 0 Å². The summed E-state index contributed by atoms with van der Waals surface area (Å²) in [6, 6.07) is 12.6. The second-order valence-corrected chi connectivity index (χ2v) is 11.3. The molecule has 40 heavy (non-hydrogen) atoms. The molecule has 3 aliphatic heterocycles. The highest BCUT2D eigenvalue weighted by molar-refractivity contribution is 6.25. The molecule has 210 valence electrons. The van der Waals surface area contributed by atoms with Crippen LogP contribution in [0.3, 0.4) is 0 Å². The molecule has 3 fully saturated rings. The molecule has 1 saturated carbocycles. The predicted octanol–water partition coefficient (Wildman–Crippen LogP) is 3.28. The van der Waals surface area contributed by atoms with Crippen LogP contribution >= 0.6 is 0 Å². The first kappa shape index (κ1) is 26.7. The molecular weight excluding hydrogens is 508 g/mol. The highest BCUT2D eigenvalue weighted by Gasteiger charge is 2.45. The molecule has 1 aliphatic carbocycles. The summed E-state index contributed by atoms with van der Waals surface area (Å²) in [5.41, 5.74) is 3.45. The van der Waals surface area contributed by atoms with Gasteiger partial charge in [0.15, 0.2) is 0 Å². The summed E-state index contributed by atoms with van der Waals surface area (Å²) in [5.74, 6) is -2.01. The molecule has 0 spiro atoms. The van der Waals surface area contributed by atoms with E-state index in [-0.39, 0.29) is 29.9 Å². The number of fused-ring (bicyclic) bond motifs is 1. The molecule has 1 atom stereocenters. The Hall–Kier alpha value is -3.56. The van der Waals surface area contributed by atoms with Crippen molar-refractivity contribution < 1.29 is 23.9 Å². The number of ether oxygens (including phenoxy) is 1. The number of benzene rings is 2. The quantitative estimate of drug-likeness (QED) is 0.467. The molecule has 4 amide bonds. The van der Waals surface area contributed by atoms with Gasteiger partial charge in [-0.1, -0.05) is 30.3 Å². The minimum absolute atomic E-state index is 0.0960. The van der Waals surface area contributed by atoms with Crippen LogP contribution in [0.2, 0.25) is 0 Å². The van der Waals surface area contributed by atoms with E-state index in [0.29, 0.717) is 24.4 Å². The van der Waals surface area contributed by atoms with Crippen molar-refractivity contribution in [2.45, 2.75) is 76.2 Å². The number of anilines is 1. The highest BCUT2D eigenvalue weighted by Crippen LogP contribution is 2.32. The standard InChI is InChI=1S/C31H36N4O5/c36-27-12-11-26(29(37)33-27)35-30(38)24-5-2-6-25(28(24)31(35)39)32-19-21-9-7-20(8-10-21)13-16-34-17-14-23(15-18-34)40-22-3-1-4-22/h2,5-10,22-23,26,32H,1,3-4,11-19H2,(H,33,36,37). The smallest absolute Gasteiger partial charge is 0.264 e. The Kier molecular flexibility index (Phi) is 7.67. The lowest BCUT2D eigenvalue weighted by Gasteiger charge is -2.36. The molecule has 0 radical (unpaired) electrons. The van der Waals surface area contributed by atoms with Crippen molar-refractivity contribution in [3.05, 3.63) is 64.7 Å². The molecule has 2 aromatic carbocycles. The van der Waals surface area contributed by atoms with Crippen LogP contribution < -0.4 is 10.6 Å². The Morgan fingerprint density at radius 1 is 0.850 bits per heavy atom. The molecule has 3 heterocycles. The summed E-state index contributed by atoms with van der Waals surface area (Å²) in [7, 11) is 0. The SMILES string of the molecule is O=C1CCC(N2C(=O)c3cccc(NCc4ccc(CCN5CCC(OC6CCC6)CC5)cc4)c3C2=O)C(=O)N1. The number of nitrogens with one attached hydrogen (secondary N) is 2. The summed E-state index contributed by atoms with van der Waals surface area (Å²) in [4.78, 5) is 53.7. The van der Waals surface area contributed by atoms with E-state index < -0.39 is 23.8 Å².